The summed E-state index contributed by atoms with van der Waals surface area (Å²) in [5.41, 5.74) is 10.7. The fraction of sp³-hybridized carbons (Fsp3) is 0.421. The number of nitrogens with two attached hydrogens (primary N) is 2. The molecule has 1 heterocycles. The van der Waals surface area contributed by atoms with Crippen molar-refractivity contribution < 1.29 is 27.8 Å². The Kier molecular flexibility index (Phi) is 8.46. The molecule has 0 atom stereocenters. The minimum Gasteiger partial charge on any atom is -0.450 e. The SMILES string of the molecule is CC(C)c1nc(CCCOC(N)=O)n(CCOC(N)=O)c1Sc1cc(F)cc(F)c1. The summed E-state index contributed by atoms with van der Waals surface area (Å²) in [6, 6.07) is 3.26. The van der Waals surface area contributed by atoms with Crippen molar-refractivity contribution in [3.05, 3.63) is 41.4 Å². The summed E-state index contributed by atoms with van der Waals surface area (Å²) in [7, 11) is 0. The molecule has 2 amide bonds. The maximum Gasteiger partial charge on any atom is 0.404 e. The van der Waals surface area contributed by atoms with Crippen LogP contribution < -0.4 is 11.5 Å². The molecule has 0 bridgehead atoms. The molecule has 0 saturated heterocycles. The second kappa shape index (κ2) is 10.8. The van der Waals surface area contributed by atoms with Gasteiger partial charge in [-0.2, -0.15) is 0 Å². The number of ether oxygens (including phenoxy) is 2. The Labute approximate surface area is 176 Å². The number of aryl methyl sites for hydroxylation is 1. The monoisotopic (exact) mass is 442 g/mol. The van der Waals surface area contributed by atoms with Crippen LogP contribution in [0.5, 0.6) is 0 Å². The van der Waals surface area contributed by atoms with Gasteiger partial charge < -0.3 is 25.5 Å². The molecule has 8 nitrogen and oxygen atoms in total. The second-order valence-corrected chi connectivity index (χ2v) is 7.73. The van der Waals surface area contributed by atoms with Crippen molar-refractivity contribution in [1.29, 1.82) is 0 Å². The lowest BCUT2D eigenvalue weighted by atomic mass is 10.1. The van der Waals surface area contributed by atoms with Gasteiger partial charge in [0.1, 0.15) is 29.1 Å². The molecular formula is C19H24F2N4O4S. The first-order chi connectivity index (χ1) is 14.2. The Morgan fingerprint density at radius 3 is 2.27 bits per heavy atom. The summed E-state index contributed by atoms with van der Waals surface area (Å²) >= 11 is 1.16. The van der Waals surface area contributed by atoms with Crippen molar-refractivity contribution in [3.8, 4) is 0 Å². The molecule has 30 heavy (non-hydrogen) atoms. The van der Waals surface area contributed by atoms with Crippen LogP contribution in [0.4, 0.5) is 18.4 Å². The molecule has 0 unspecified atom stereocenters. The molecule has 1 aromatic carbocycles. The van der Waals surface area contributed by atoms with Gasteiger partial charge in [0.15, 0.2) is 0 Å². The number of amides is 2. The molecule has 0 aliphatic rings. The molecule has 11 heteroatoms. The van der Waals surface area contributed by atoms with Gasteiger partial charge in [-0.1, -0.05) is 25.6 Å². The molecular weight excluding hydrogens is 418 g/mol. The summed E-state index contributed by atoms with van der Waals surface area (Å²) in [4.78, 5) is 26.7. The Bertz CT molecular complexity index is 885. The average Bonchev–Trinajstić information content (AvgIpc) is 2.95. The van der Waals surface area contributed by atoms with Gasteiger partial charge in [-0.25, -0.2) is 23.4 Å². The smallest absolute Gasteiger partial charge is 0.404 e. The molecule has 164 valence electrons. The van der Waals surface area contributed by atoms with Gasteiger partial charge in [0.05, 0.1) is 18.8 Å². The van der Waals surface area contributed by atoms with E-state index in [1.165, 1.54) is 12.1 Å². The molecule has 0 spiro atoms. The van der Waals surface area contributed by atoms with Crippen LogP contribution in [0, 0.1) is 11.6 Å². The summed E-state index contributed by atoms with van der Waals surface area (Å²) in [6.07, 6.45) is -0.855. The number of carbonyl (C=O) groups excluding carboxylic acids is 2. The van der Waals surface area contributed by atoms with Crippen molar-refractivity contribution in [1.82, 2.24) is 9.55 Å². The maximum absolute atomic E-state index is 13.7. The Balaban J connectivity index is 2.36. The molecule has 4 N–H and O–H groups in total. The highest BCUT2D eigenvalue weighted by Crippen LogP contribution is 2.35. The zero-order valence-corrected chi connectivity index (χ0v) is 17.5. The van der Waals surface area contributed by atoms with Gasteiger partial charge in [-0.3, -0.25) is 0 Å². The van der Waals surface area contributed by atoms with Crippen LogP contribution in [-0.4, -0.2) is 35.0 Å². The van der Waals surface area contributed by atoms with Gasteiger partial charge in [0.25, 0.3) is 0 Å². The largest absolute Gasteiger partial charge is 0.450 e. The summed E-state index contributed by atoms with van der Waals surface area (Å²) in [5.74, 6) is -0.699. The van der Waals surface area contributed by atoms with Crippen LogP contribution in [0.3, 0.4) is 0 Å². The average molecular weight is 442 g/mol. The van der Waals surface area contributed by atoms with Crippen LogP contribution in [0.1, 0.15) is 37.7 Å². The van der Waals surface area contributed by atoms with Crippen LogP contribution in [0.2, 0.25) is 0 Å². The van der Waals surface area contributed by atoms with Crippen LogP contribution in [0.15, 0.2) is 28.1 Å². The van der Waals surface area contributed by atoms with E-state index in [4.69, 9.17) is 20.9 Å². The number of nitrogens with zero attached hydrogens (tertiary/aromatic N) is 2. The van der Waals surface area contributed by atoms with E-state index in [1.54, 1.807) is 0 Å². The van der Waals surface area contributed by atoms with Gasteiger partial charge in [-0.15, -0.1) is 0 Å². The molecule has 0 radical (unpaired) electrons. The van der Waals surface area contributed by atoms with E-state index in [-0.39, 0.29) is 25.7 Å². The van der Waals surface area contributed by atoms with Gasteiger partial charge in [-0.05, 0) is 24.5 Å². The van der Waals surface area contributed by atoms with Crippen molar-refractivity contribution >= 4 is 23.9 Å². The van der Waals surface area contributed by atoms with Gasteiger partial charge >= 0.3 is 12.2 Å². The predicted octanol–water partition coefficient (Wildman–Crippen LogP) is 3.56. The molecule has 0 fully saturated rings. The van der Waals surface area contributed by atoms with E-state index in [0.29, 0.717) is 28.6 Å². The predicted molar refractivity (Wildman–Crippen MR) is 106 cm³/mol. The highest BCUT2D eigenvalue weighted by Gasteiger charge is 2.21. The van der Waals surface area contributed by atoms with Gasteiger partial charge in [0, 0.05) is 17.4 Å². The summed E-state index contributed by atoms with van der Waals surface area (Å²) < 4.78 is 38.7. The first kappa shape index (κ1) is 23.5. The number of rotatable bonds is 10. The van der Waals surface area contributed by atoms with E-state index in [9.17, 15) is 18.4 Å². The Hall–Kier alpha value is -2.82. The topological polar surface area (TPSA) is 122 Å². The zero-order valence-electron chi connectivity index (χ0n) is 16.7. The summed E-state index contributed by atoms with van der Waals surface area (Å²) in [5, 5.41) is 0.675. The van der Waals surface area contributed by atoms with Crippen molar-refractivity contribution in [3.63, 3.8) is 0 Å². The van der Waals surface area contributed by atoms with E-state index < -0.39 is 23.8 Å². The highest BCUT2D eigenvalue weighted by atomic mass is 32.2. The number of hydrogen-bond acceptors (Lipinski definition) is 6. The molecule has 2 aromatic rings. The molecule has 0 saturated carbocycles. The normalized spacial score (nSPS) is 11.0. The lowest BCUT2D eigenvalue weighted by Gasteiger charge is -2.13. The second-order valence-electron chi connectivity index (χ2n) is 6.67. The first-order valence-corrected chi connectivity index (χ1v) is 10.1. The van der Waals surface area contributed by atoms with Crippen molar-refractivity contribution in [2.24, 2.45) is 11.5 Å². The lowest BCUT2D eigenvalue weighted by Crippen LogP contribution is -2.18. The number of halogens is 2. The van der Waals surface area contributed by atoms with Crippen molar-refractivity contribution in [2.45, 2.75) is 49.1 Å². The van der Waals surface area contributed by atoms with Gasteiger partial charge in [0.2, 0.25) is 0 Å². The molecule has 0 aliphatic carbocycles. The van der Waals surface area contributed by atoms with Crippen LogP contribution in [-0.2, 0) is 22.4 Å². The quantitative estimate of drug-likeness (QED) is 0.543. The number of imidazole rings is 1. The Morgan fingerprint density at radius 1 is 1.10 bits per heavy atom. The first-order valence-electron chi connectivity index (χ1n) is 9.25. The van der Waals surface area contributed by atoms with Crippen LogP contribution >= 0.6 is 11.8 Å². The van der Waals surface area contributed by atoms with E-state index in [2.05, 4.69) is 4.98 Å². The maximum atomic E-state index is 13.7. The van der Waals surface area contributed by atoms with E-state index >= 15 is 0 Å². The fourth-order valence-corrected chi connectivity index (χ4v) is 4.01. The van der Waals surface area contributed by atoms with E-state index in [0.717, 1.165) is 23.5 Å². The van der Waals surface area contributed by atoms with Crippen molar-refractivity contribution in [2.75, 3.05) is 13.2 Å². The third kappa shape index (κ3) is 6.90. The fourth-order valence-electron chi connectivity index (χ4n) is 2.75. The number of hydrogen-bond donors (Lipinski definition) is 2. The minimum absolute atomic E-state index is 0.000906. The highest BCUT2D eigenvalue weighted by molar-refractivity contribution is 7.99. The van der Waals surface area contributed by atoms with E-state index in [1.807, 2.05) is 18.4 Å². The lowest BCUT2D eigenvalue weighted by molar-refractivity contribution is 0.151. The minimum atomic E-state index is -0.906. The number of benzene rings is 1. The summed E-state index contributed by atoms with van der Waals surface area (Å²) in [6.45, 7) is 4.26. The molecule has 0 aliphatic heterocycles. The third-order valence-electron chi connectivity index (χ3n) is 3.97. The Morgan fingerprint density at radius 2 is 1.70 bits per heavy atom. The molecule has 2 rings (SSSR count). The number of primary amides is 2. The zero-order chi connectivity index (χ0) is 22.3. The number of carbonyl (C=O) groups is 2. The standard InChI is InChI=1S/C19H24F2N4O4S/c1-11(2)16-17(30-14-9-12(20)8-13(21)10-14)25(5-7-29-19(23)27)15(24-16)4-3-6-28-18(22)26/h8-11H,3-7H2,1-2H3,(H2,22,26)(H2,23,27). The van der Waals surface area contributed by atoms with Crippen LogP contribution in [0.25, 0.3) is 0 Å². The third-order valence-corrected chi connectivity index (χ3v) is 5.07. The number of aromatic nitrogens is 2. The molecule has 1 aromatic heterocycles.